The molecule has 0 aromatic heterocycles. The molecule has 0 unspecified atom stereocenters. The molecule has 23 heavy (non-hydrogen) atoms. The van der Waals surface area contributed by atoms with Crippen LogP contribution in [0.2, 0.25) is 0 Å². The highest BCUT2D eigenvalue weighted by Crippen LogP contribution is 2.33. The molecule has 3 rings (SSSR count). The Morgan fingerprint density at radius 3 is 2.70 bits per heavy atom. The number of halogens is 4. The molecule has 0 fully saturated rings. The van der Waals surface area contributed by atoms with Gasteiger partial charge in [0, 0.05) is 15.6 Å². The van der Waals surface area contributed by atoms with E-state index in [4.69, 9.17) is 4.74 Å². The number of fused-ring (bicyclic) bond motifs is 1. The van der Waals surface area contributed by atoms with Crippen LogP contribution in [0.1, 0.15) is 21.5 Å². The van der Waals surface area contributed by atoms with Gasteiger partial charge in [-0.05, 0) is 64.6 Å². The molecule has 0 bridgehead atoms. The number of amides is 1. The normalized spacial score (nSPS) is 13.4. The van der Waals surface area contributed by atoms with Gasteiger partial charge >= 0.3 is 6.18 Å². The fraction of sp³-hybridized carbons (Fsp3) is 0.188. The number of ether oxygens (including phenoxy) is 1. The molecule has 0 radical (unpaired) electrons. The zero-order valence-corrected chi connectivity index (χ0v) is 13.9. The first-order valence-corrected chi connectivity index (χ1v) is 7.86. The highest BCUT2D eigenvalue weighted by Gasteiger charge is 2.31. The number of alkyl halides is 3. The molecule has 3 nitrogen and oxygen atoms in total. The van der Waals surface area contributed by atoms with Crippen molar-refractivity contribution in [3.8, 4) is 5.75 Å². The van der Waals surface area contributed by atoms with Crippen LogP contribution in [0.3, 0.4) is 0 Å². The summed E-state index contributed by atoms with van der Waals surface area (Å²) in [5.41, 5.74) is 0.664. The second-order valence-corrected chi connectivity index (χ2v) is 6.23. The molecule has 1 aliphatic rings. The number of benzene rings is 2. The van der Waals surface area contributed by atoms with E-state index >= 15 is 0 Å². The Hall–Kier alpha value is -1.77. The van der Waals surface area contributed by atoms with E-state index in [2.05, 4.69) is 5.32 Å². The number of hydrogen-bond acceptors (Lipinski definition) is 2. The van der Waals surface area contributed by atoms with Gasteiger partial charge in [-0.1, -0.05) is 0 Å². The molecular formula is C16H11F3INO2. The van der Waals surface area contributed by atoms with Crippen LogP contribution in [0.4, 0.5) is 18.9 Å². The molecule has 1 N–H and O–H groups in total. The maximum absolute atomic E-state index is 12.8. The lowest BCUT2D eigenvalue weighted by molar-refractivity contribution is -0.137. The van der Waals surface area contributed by atoms with Gasteiger partial charge in [-0.25, -0.2) is 0 Å². The van der Waals surface area contributed by atoms with Crippen LogP contribution < -0.4 is 10.1 Å². The summed E-state index contributed by atoms with van der Waals surface area (Å²) in [6, 6.07) is 8.27. The van der Waals surface area contributed by atoms with Crippen molar-refractivity contribution in [2.24, 2.45) is 0 Å². The fourth-order valence-corrected chi connectivity index (χ4v) is 2.79. The summed E-state index contributed by atoms with van der Waals surface area (Å²) in [6.07, 6.45) is -3.73. The lowest BCUT2D eigenvalue weighted by Gasteiger charge is -2.12. The predicted octanol–water partition coefficient (Wildman–Crippen LogP) is 4.50. The summed E-state index contributed by atoms with van der Waals surface area (Å²) in [5, 5.41) is 2.54. The van der Waals surface area contributed by atoms with Crippen LogP contribution in [0, 0.1) is 3.57 Å². The summed E-state index contributed by atoms with van der Waals surface area (Å²) in [4.78, 5) is 12.3. The summed E-state index contributed by atoms with van der Waals surface area (Å²) in [6.45, 7) is 0.575. The van der Waals surface area contributed by atoms with Crippen molar-refractivity contribution in [3.05, 3.63) is 56.7 Å². The van der Waals surface area contributed by atoms with E-state index in [0.29, 0.717) is 15.7 Å². The van der Waals surface area contributed by atoms with Crippen LogP contribution in [0.25, 0.3) is 0 Å². The number of hydrogen-bond donors (Lipinski definition) is 1. The van der Waals surface area contributed by atoms with Gasteiger partial charge in [0.2, 0.25) is 0 Å². The Kier molecular flexibility index (Phi) is 4.22. The quantitative estimate of drug-likeness (QED) is 0.709. The zero-order valence-electron chi connectivity index (χ0n) is 11.7. The Bertz CT molecular complexity index is 774. The standard InChI is InChI=1S/C16H11F3INO2/c17-16(18,19)11-2-3-12(20)13(8-11)21-15(22)10-1-4-14-9(7-10)5-6-23-14/h1-4,7-8H,5-6H2,(H,21,22). The number of nitrogens with one attached hydrogen (secondary N) is 1. The second-order valence-electron chi connectivity index (χ2n) is 5.07. The van der Waals surface area contributed by atoms with Gasteiger partial charge in [0.15, 0.2) is 0 Å². The van der Waals surface area contributed by atoms with Gasteiger partial charge < -0.3 is 10.1 Å². The molecule has 0 atom stereocenters. The first-order chi connectivity index (χ1) is 10.8. The van der Waals surface area contributed by atoms with Gasteiger partial charge in [0.1, 0.15) is 5.75 Å². The van der Waals surface area contributed by atoms with Crippen LogP contribution in [-0.2, 0) is 12.6 Å². The smallest absolute Gasteiger partial charge is 0.416 e. The van der Waals surface area contributed by atoms with Crippen molar-refractivity contribution >= 4 is 34.2 Å². The minimum Gasteiger partial charge on any atom is -0.493 e. The van der Waals surface area contributed by atoms with Crippen LogP contribution >= 0.6 is 22.6 Å². The van der Waals surface area contributed by atoms with Gasteiger partial charge in [0.05, 0.1) is 17.9 Å². The lowest BCUT2D eigenvalue weighted by Crippen LogP contribution is -2.14. The molecule has 0 spiro atoms. The highest BCUT2D eigenvalue weighted by atomic mass is 127. The van der Waals surface area contributed by atoms with Crippen LogP contribution in [-0.4, -0.2) is 12.5 Å². The van der Waals surface area contributed by atoms with Gasteiger partial charge in [0.25, 0.3) is 5.91 Å². The average Bonchev–Trinajstić information content (AvgIpc) is 2.95. The van der Waals surface area contributed by atoms with Gasteiger partial charge in [-0.15, -0.1) is 0 Å². The Balaban J connectivity index is 1.85. The van der Waals surface area contributed by atoms with E-state index in [1.165, 1.54) is 6.07 Å². The molecule has 0 saturated heterocycles. The fourth-order valence-electron chi connectivity index (χ4n) is 2.32. The van der Waals surface area contributed by atoms with E-state index < -0.39 is 17.6 Å². The maximum atomic E-state index is 12.8. The highest BCUT2D eigenvalue weighted by molar-refractivity contribution is 14.1. The van der Waals surface area contributed by atoms with E-state index in [1.54, 1.807) is 18.2 Å². The number of anilines is 1. The molecule has 1 aliphatic heterocycles. The third kappa shape index (κ3) is 3.44. The number of carbonyl (C=O) groups is 1. The maximum Gasteiger partial charge on any atom is 0.416 e. The molecule has 1 heterocycles. The Morgan fingerprint density at radius 2 is 1.96 bits per heavy atom. The van der Waals surface area contributed by atoms with Crippen molar-refractivity contribution in [1.29, 1.82) is 0 Å². The van der Waals surface area contributed by atoms with E-state index in [0.717, 1.165) is 29.9 Å². The SMILES string of the molecule is O=C(Nc1cc(C(F)(F)F)ccc1I)c1ccc2c(c1)CCO2. The third-order valence-corrected chi connectivity index (χ3v) is 4.43. The topological polar surface area (TPSA) is 38.3 Å². The minimum absolute atomic E-state index is 0.141. The summed E-state index contributed by atoms with van der Waals surface area (Å²) >= 11 is 1.89. The van der Waals surface area contributed by atoms with Crippen molar-refractivity contribution < 1.29 is 22.7 Å². The average molecular weight is 433 g/mol. The predicted molar refractivity (Wildman–Crippen MR) is 87.8 cm³/mol. The molecule has 2 aromatic carbocycles. The second kappa shape index (κ2) is 6.03. The molecule has 120 valence electrons. The van der Waals surface area contributed by atoms with Crippen molar-refractivity contribution in [3.63, 3.8) is 0 Å². The van der Waals surface area contributed by atoms with E-state index in [1.807, 2.05) is 22.6 Å². The minimum atomic E-state index is -4.45. The molecule has 2 aromatic rings. The van der Waals surface area contributed by atoms with Crippen molar-refractivity contribution in [2.75, 3.05) is 11.9 Å². The number of carbonyl (C=O) groups excluding carboxylic acids is 1. The summed E-state index contributed by atoms with van der Waals surface area (Å²) in [5.74, 6) is 0.298. The molecular weight excluding hydrogens is 422 g/mol. The molecule has 0 aliphatic carbocycles. The van der Waals surface area contributed by atoms with E-state index in [-0.39, 0.29) is 5.69 Å². The first-order valence-electron chi connectivity index (χ1n) is 6.78. The summed E-state index contributed by atoms with van der Waals surface area (Å²) < 4.78 is 44.2. The van der Waals surface area contributed by atoms with Gasteiger partial charge in [-0.2, -0.15) is 13.2 Å². The monoisotopic (exact) mass is 433 g/mol. The first kappa shape index (κ1) is 16.1. The van der Waals surface area contributed by atoms with Crippen LogP contribution in [0.5, 0.6) is 5.75 Å². The number of rotatable bonds is 2. The van der Waals surface area contributed by atoms with Crippen molar-refractivity contribution in [2.45, 2.75) is 12.6 Å². The molecule has 7 heteroatoms. The van der Waals surface area contributed by atoms with Crippen molar-refractivity contribution in [1.82, 2.24) is 0 Å². The third-order valence-electron chi connectivity index (χ3n) is 3.49. The summed E-state index contributed by atoms with van der Waals surface area (Å²) in [7, 11) is 0. The van der Waals surface area contributed by atoms with Gasteiger partial charge in [-0.3, -0.25) is 4.79 Å². The molecule has 1 amide bonds. The Labute approximate surface area is 144 Å². The molecule has 0 saturated carbocycles. The van der Waals surface area contributed by atoms with Crippen LogP contribution in [0.15, 0.2) is 36.4 Å². The Morgan fingerprint density at radius 1 is 1.17 bits per heavy atom. The lowest BCUT2D eigenvalue weighted by atomic mass is 10.1. The largest absolute Gasteiger partial charge is 0.493 e. The van der Waals surface area contributed by atoms with E-state index in [9.17, 15) is 18.0 Å². The zero-order chi connectivity index (χ0) is 16.6.